The number of nitrogens with zero attached hydrogens (tertiary/aromatic N) is 5. The van der Waals surface area contributed by atoms with Crippen molar-refractivity contribution in [2.45, 2.75) is 52.7 Å². The highest BCUT2D eigenvalue weighted by molar-refractivity contribution is 6.76. The summed E-state index contributed by atoms with van der Waals surface area (Å²) in [6, 6.07) is 4.92. The zero-order valence-corrected chi connectivity index (χ0v) is 17.9. The van der Waals surface area contributed by atoms with Gasteiger partial charge in [-0.25, -0.2) is 9.98 Å². The molecule has 0 fully saturated rings. The van der Waals surface area contributed by atoms with E-state index in [1.165, 1.54) is 13.8 Å². The van der Waals surface area contributed by atoms with Gasteiger partial charge in [0, 0.05) is 41.1 Å². The van der Waals surface area contributed by atoms with E-state index < -0.39 is 8.07 Å². The summed E-state index contributed by atoms with van der Waals surface area (Å²) < 4.78 is 7.10. The first-order valence-electron chi connectivity index (χ1n) is 8.82. The number of imidazole rings is 1. The molecule has 148 valence electrons. The third-order valence-corrected chi connectivity index (χ3v) is 5.40. The largest absolute Gasteiger partial charge is 0.361 e. The van der Waals surface area contributed by atoms with Gasteiger partial charge in [-0.3, -0.25) is 14.2 Å². The average Bonchev–Trinajstić information content (AvgIpc) is 3.25. The van der Waals surface area contributed by atoms with Crippen molar-refractivity contribution < 1.29 is 14.3 Å². The Morgan fingerprint density at radius 2 is 1.89 bits per heavy atom. The quantitative estimate of drug-likeness (QED) is 0.394. The first-order valence-corrected chi connectivity index (χ1v) is 12.5. The second-order valence-electron chi connectivity index (χ2n) is 7.46. The molecule has 1 aliphatic heterocycles. The first-order chi connectivity index (χ1) is 13.1. The van der Waals surface area contributed by atoms with Crippen LogP contribution in [0.4, 0.5) is 0 Å². The minimum absolute atomic E-state index is 0.0785. The van der Waals surface area contributed by atoms with Crippen molar-refractivity contribution in [2.75, 3.05) is 6.61 Å². The van der Waals surface area contributed by atoms with Crippen LogP contribution in [0.3, 0.4) is 0 Å². The molecule has 0 aliphatic carbocycles. The number of nitriles is 2. The number of rotatable bonds is 7. The van der Waals surface area contributed by atoms with Crippen LogP contribution < -0.4 is 0 Å². The molecule has 0 aromatic carbocycles. The van der Waals surface area contributed by atoms with Crippen LogP contribution in [-0.2, 0) is 16.3 Å². The molecule has 0 unspecified atom stereocenters. The second-order valence-corrected chi connectivity index (χ2v) is 13.1. The fourth-order valence-corrected chi connectivity index (χ4v) is 2.79. The van der Waals surface area contributed by atoms with E-state index in [0.29, 0.717) is 30.1 Å². The van der Waals surface area contributed by atoms with Crippen molar-refractivity contribution in [1.82, 2.24) is 9.55 Å². The summed E-state index contributed by atoms with van der Waals surface area (Å²) in [7, 11) is -1.10. The van der Waals surface area contributed by atoms with Crippen molar-refractivity contribution in [1.29, 1.82) is 10.5 Å². The number of carbonyl (C=O) groups is 2. The molecule has 0 atom stereocenters. The van der Waals surface area contributed by atoms with E-state index in [2.05, 4.69) is 29.6 Å². The van der Waals surface area contributed by atoms with Crippen molar-refractivity contribution in [2.24, 2.45) is 4.99 Å². The highest BCUT2D eigenvalue weighted by Gasteiger charge is 2.14. The molecule has 1 aromatic heterocycles. The topological polar surface area (TPSA) is 121 Å². The predicted molar refractivity (Wildman–Crippen MR) is 107 cm³/mol. The number of ketones is 2. The summed E-state index contributed by atoms with van der Waals surface area (Å²) in [5, 5.41) is 17.2. The van der Waals surface area contributed by atoms with Gasteiger partial charge in [0.1, 0.15) is 36.0 Å². The maximum atomic E-state index is 11.2. The lowest BCUT2D eigenvalue weighted by Crippen LogP contribution is -2.22. The molecule has 2 rings (SSSR count). The average molecular weight is 400 g/mol. The lowest BCUT2D eigenvalue weighted by atomic mass is 10.3. The van der Waals surface area contributed by atoms with E-state index in [4.69, 9.17) is 15.3 Å². The van der Waals surface area contributed by atoms with Gasteiger partial charge >= 0.3 is 0 Å². The molecule has 0 saturated heterocycles. The number of allylic oxidation sites excluding steroid dienone is 2. The van der Waals surface area contributed by atoms with E-state index in [1.54, 1.807) is 16.8 Å². The van der Waals surface area contributed by atoms with Crippen LogP contribution in [0.1, 0.15) is 36.6 Å². The molecular weight excluding hydrogens is 374 g/mol. The Morgan fingerprint density at radius 3 is 2.32 bits per heavy atom. The highest BCUT2D eigenvalue weighted by atomic mass is 28.3. The van der Waals surface area contributed by atoms with Crippen LogP contribution in [-0.4, -0.2) is 41.5 Å². The van der Waals surface area contributed by atoms with Gasteiger partial charge in [0.05, 0.1) is 0 Å². The molecule has 0 spiro atoms. The van der Waals surface area contributed by atoms with Gasteiger partial charge in [-0.1, -0.05) is 19.6 Å². The van der Waals surface area contributed by atoms with Gasteiger partial charge in [-0.05, 0) is 12.1 Å². The van der Waals surface area contributed by atoms with Crippen molar-refractivity contribution in [3.8, 4) is 12.1 Å². The SMILES string of the molecule is CC(=O)C1=CCC(C#N)=N1.CC(=O)c1cn(COCC[Si](C)(C)C)c(C#N)n1. The maximum absolute atomic E-state index is 11.2. The molecule has 0 saturated carbocycles. The van der Waals surface area contributed by atoms with Crippen molar-refractivity contribution in [3.63, 3.8) is 0 Å². The minimum Gasteiger partial charge on any atom is -0.361 e. The van der Waals surface area contributed by atoms with Gasteiger partial charge in [-0.2, -0.15) is 10.5 Å². The van der Waals surface area contributed by atoms with E-state index in [0.717, 1.165) is 6.04 Å². The Morgan fingerprint density at radius 1 is 1.21 bits per heavy atom. The fourth-order valence-electron chi connectivity index (χ4n) is 2.04. The molecule has 8 nitrogen and oxygen atoms in total. The van der Waals surface area contributed by atoms with Gasteiger partial charge in [0.2, 0.25) is 5.82 Å². The molecule has 28 heavy (non-hydrogen) atoms. The molecule has 1 aromatic rings. The number of aliphatic imine (C=N–C) groups is 1. The van der Waals surface area contributed by atoms with Crippen LogP contribution in [0.25, 0.3) is 0 Å². The van der Waals surface area contributed by atoms with Crippen LogP contribution in [0, 0.1) is 22.7 Å². The maximum Gasteiger partial charge on any atom is 0.215 e. The Hall–Kier alpha value is -2.88. The molecule has 0 radical (unpaired) electrons. The fraction of sp³-hybridized carbons (Fsp3) is 0.474. The number of hydrogen-bond donors (Lipinski definition) is 0. The standard InChI is InChI=1S/C12H19N3O2Si.C7H6N2O/c1-10(16)11-8-15(12(7-13)14-11)9-17-5-6-18(2,3)4;1-5(10)7-3-2-6(4-8)9-7/h8H,5-6,9H2,1-4H3;3H,2H2,1H3. The monoisotopic (exact) mass is 399 g/mol. The Balaban J connectivity index is 0.000000330. The lowest BCUT2D eigenvalue weighted by Gasteiger charge is -2.15. The summed E-state index contributed by atoms with van der Waals surface area (Å²) >= 11 is 0. The normalized spacial score (nSPS) is 12.8. The zero-order valence-electron chi connectivity index (χ0n) is 16.9. The van der Waals surface area contributed by atoms with Crippen molar-refractivity contribution in [3.05, 3.63) is 29.5 Å². The predicted octanol–water partition coefficient (Wildman–Crippen LogP) is 3.10. The number of ether oxygens (including phenoxy) is 1. The Kier molecular flexibility index (Phi) is 8.64. The van der Waals surface area contributed by atoms with Crippen LogP contribution in [0.2, 0.25) is 25.7 Å². The third kappa shape index (κ3) is 7.78. The smallest absolute Gasteiger partial charge is 0.215 e. The van der Waals surface area contributed by atoms with Gasteiger partial charge in [0.15, 0.2) is 11.6 Å². The molecule has 0 amide bonds. The van der Waals surface area contributed by atoms with E-state index in [1.807, 2.05) is 12.1 Å². The van der Waals surface area contributed by atoms with Crippen LogP contribution >= 0.6 is 0 Å². The number of Topliss-reactive ketones (excluding diaryl/α,β-unsaturated/α-hetero) is 2. The van der Waals surface area contributed by atoms with Crippen LogP contribution in [0.5, 0.6) is 0 Å². The summed E-state index contributed by atoms with van der Waals surface area (Å²) in [6.07, 6.45) is 3.74. The van der Waals surface area contributed by atoms with Gasteiger partial charge in [-0.15, -0.1) is 0 Å². The first kappa shape index (κ1) is 23.2. The lowest BCUT2D eigenvalue weighted by molar-refractivity contribution is -0.113. The Labute approximate surface area is 166 Å². The van der Waals surface area contributed by atoms with Gasteiger partial charge in [0.25, 0.3) is 0 Å². The molecule has 0 N–H and O–H groups in total. The Bertz CT molecular complexity index is 879. The summed E-state index contributed by atoms with van der Waals surface area (Å²) in [5.41, 5.74) is 1.14. The minimum atomic E-state index is -1.10. The van der Waals surface area contributed by atoms with Crippen molar-refractivity contribution >= 4 is 25.4 Å². The van der Waals surface area contributed by atoms with E-state index in [9.17, 15) is 9.59 Å². The van der Waals surface area contributed by atoms with Crippen LogP contribution in [0.15, 0.2) is 23.0 Å². The molecule has 9 heteroatoms. The van der Waals surface area contributed by atoms with E-state index >= 15 is 0 Å². The summed E-state index contributed by atoms with van der Waals surface area (Å²) in [4.78, 5) is 29.5. The number of carbonyl (C=O) groups excluding carboxylic acids is 2. The highest BCUT2D eigenvalue weighted by Crippen LogP contribution is 2.10. The zero-order chi connectivity index (χ0) is 21.3. The molecule has 1 aliphatic rings. The number of aromatic nitrogens is 2. The van der Waals surface area contributed by atoms with Gasteiger partial charge < -0.3 is 4.74 Å². The number of hydrogen-bond acceptors (Lipinski definition) is 7. The molecule has 2 heterocycles. The second kappa shape index (κ2) is 10.5. The molecule has 0 bridgehead atoms. The summed E-state index contributed by atoms with van der Waals surface area (Å²) in [5.74, 6) is -0.00852. The third-order valence-electron chi connectivity index (χ3n) is 3.70. The van der Waals surface area contributed by atoms with E-state index in [-0.39, 0.29) is 24.1 Å². The summed E-state index contributed by atoms with van der Waals surface area (Å²) in [6.45, 7) is 10.7. The molecular formula is C19H25N5O3Si.